The summed E-state index contributed by atoms with van der Waals surface area (Å²) in [5.74, 6) is -3.29. The lowest BCUT2D eigenvalue weighted by molar-refractivity contribution is -0.199. The van der Waals surface area contributed by atoms with E-state index in [0.717, 1.165) is 25.7 Å². The second-order valence-corrected chi connectivity index (χ2v) is 35.8. The minimum Gasteiger partial charge on any atom is -0.465 e. The van der Waals surface area contributed by atoms with Crippen LogP contribution >= 0.6 is 0 Å². The van der Waals surface area contributed by atoms with Crippen LogP contribution in [-0.2, 0) is 66.7 Å². The number of hydrogen-bond acceptors (Lipinski definition) is 22. The molecular weight excluding hydrogens is 1240 g/mol. The lowest BCUT2D eigenvalue weighted by atomic mass is 9.87. The Labute approximate surface area is 574 Å². The van der Waals surface area contributed by atoms with Gasteiger partial charge in [-0.3, -0.25) is 28.8 Å². The molecule has 6 fully saturated rings. The Balaban J connectivity index is 0.000000922. The van der Waals surface area contributed by atoms with E-state index < -0.39 is 69.2 Å². The zero-order valence-corrected chi connectivity index (χ0v) is 63.7. The van der Waals surface area contributed by atoms with Gasteiger partial charge in [-0.15, -0.1) is 0 Å². The number of esters is 6. The van der Waals surface area contributed by atoms with E-state index >= 15 is 0 Å². The second kappa shape index (κ2) is 32.1. The van der Waals surface area contributed by atoms with Crippen molar-refractivity contribution in [1.29, 1.82) is 0 Å². The third-order valence-electron chi connectivity index (χ3n) is 21.8. The molecule has 0 bridgehead atoms. The number of rotatable bonds is 26. The summed E-state index contributed by atoms with van der Waals surface area (Å²) in [5.41, 5.74) is -6.40. The Morgan fingerprint density at radius 1 is 0.323 bits per heavy atom. The van der Waals surface area contributed by atoms with E-state index in [1.165, 1.54) is 24.3 Å². The van der Waals surface area contributed by atoms with E-state index in [1.807, 2.05) is 55.4 Å². The smallest absolute Gasteiger partial charge is 0.308 e. The van der Waals surface area contributed by atoms with E-state index in [2.05, 4.69) is 132 Å². The topological polar surface area (TPSA) is 397 Å². The van der Waals surface area contributed by atoms with Crippen molar-refractivity contribution in [3.05, 3.63) is 0 Å². The summed E-state index contributed by atoms with van der Waals surface area (Å²) in [7, 11) is 2.78. The normalized spacial score (nSPS) is 28.8. The lowest BCUT2D eigenvalue weighted by Crippen LogP contribution is -2.48. The van der Waals surface area contributed by atoms with Gasteiger partial charge >= 0.3 is 35.8 Å². The Hall–Kier alpha value is -3.74. The van der Waals surface area contributed by atoms with Crippen molar-refractivity contribution in [2.45, 2.75) is 321 Å². The van der Waals surface area contributed by atoms with Crippen molar-refractivity contribution < 1.29 is 99.0 Å². The Bertz CT molecular complexity index is 2330. The molecule has 0 aliphatic carbocycles. The van der Waals surface area contributed by atoms with Crippen molar-refractivity contribution >= 4 is 35.8 Å². The third-order valence-corrected chi connectivity index (χ3v) is 21.8. The summed E-state index contributed by atoms with van der Waals surface area (Å²) < 4.78 is 46.2. The molecule has 6 heterocycles. The van der Waals surface area contributed by atoms with Gasteiger partial charge in [0.1, 0.15) is 0 Å². The summed E-state index contributed by atoms with van der Waals surface area (Å²) >= 11 is 0. The minimum absolute atomic E-state index is 0. The molecule has 6 saturated heterocycles. The van der Waals surface area contributed by atoms with Crippen LogP contribution in [-0.4, -0.2) is 210 Å². The zero-order chi connectivity index (χ0) is 70.3. The molecule has 0 saturated carbocycles. The molecule has 564 valence electrons. The van der Waals surface area contributed by atoms with Gasteiger partial charge in [0.05, 0.1) is 89.4 Å². The highest BCUT2D eigenvalue weighted by Gasteiger charge is 2.55. The van der Waals surface area contributed by atoms with Gasteiger partial charge in [-0.05, 0) is 205 Å². The number of carbonyl (C=O) groups excluding carboxylic acids is 6. The van der Waals surface area contributed by atoms with Crippen LogP contribution in [0.15, 0.2) is 0 Å². The van der Waals surface area contributed by atoms with E-state index in [-0.39, 0.29) is 180 Å². The molecule has 6 aliphatic heterocycles. The average molecular weight is 1380 g/mol. The monoisotopic (exact) mass is 1380 g/mol. The maximum Gasteiger partial charge on any atom is 0.308 e. The van der Waals surface area contributed by atoms with Gasteiger partial charge in [0.15, 0.2) is 0 Å². The van der Waals surface area contributed by atoms with E-state index in [4.69, 9.17) is 37.9 Å². The first-order chi connectivity index (χ1) is 41.5. The second-order valence-electron chi connectivity index (χ2n) is 35.8. The Morgan fingerprint density at radius 2 is 0.490 bits per heavy atom. The first kappa shape index (κ1) is 90.3. The summed E-state index contributed by atoms with van der Waals surface area (Å²) in [6.45, 7) is 50.2. The number of nitrogens with one attached hydrogen (secondary N) is 4. The van der Waals surface area contributed by atoms with Gasteiger partial charge in [-0.2, -0.15) is 10.1 Å². The number of ether oxygens (including phenoxy) is 8. The molecule has 0 aromatic heterocycles. The molecule has 0 amide bonds. The van der Waals surface area contributed by atoms with Crippen LogP contribution < -0.4 is 21.3 Å². The van der Waals surface area contributed by atoms with Crippen molar-refractivity contribution in [1.82, 2.24) is 31.4 Å². The van der Waals surface area contributed by atoms with Crippen LogP contribution in [0.1, 0.15) is 243 Å². The average Bonchev–Trinajstić information content (AvgIpc) is 1.63. The number of nitrogens with zero attached hydrogens (tertiary/aromatic N) is 2. The summed E-state index contributed by atoms with van der Waals surface area (Å²) in [6.07, 6.45) is 2.69. The molecular formula is C70H134N6O20. The van der Waals surface area contributed by atoms with Gasteiger partial charge in [0, 0.05) is 116 Å². The van der Waals surface area contributed by atoms with Crippen LogP contribution in [0.3, 0.4) is 0 Å². The summed E-state index contributed by atoms with van der Waals surface area (Å²) in [6, 6.07) is 0. The first-order valence-electron chi connectivity index (χ1n) is 33.7. The fourth-order valence-electron chi connectivity index (χ4n) is 16.8. The number of hydroxylamine groups is 4. The molecule has 0 aromatic rings. The van der Waals surface area contributed by atoms with E-state index in [9.17, 15) is 39.2 Å². The molecule has 96 heavy (non-hydrogen) atoms. The molecule has 14 N–H and O–H groups in total. The van der Waals surface area contributed by atoms with Gasteiger partial charge in [0.2, 0.25) is 0 Å². The summed E-state index contributed by atoms with van der Waals surface area (Å²) in [4.78, 5) is 80.0. The van der Waals surface area contributed by atoms with E-state index in [0.29, 0.717) is 12.8 Å². The van der Waals surface area contributed by atoms with Crippen molar-refractivity contribution in [3.63, 3.8) is 0 Å². The predicted octanol–water partition coefficient (Wildman–Crippen LogP) is 6.25. The fraction of sp³-hybridized carbons (Fsp3) is 0.914. The lowest BCUT2D eigenvalue weighted by Gasteiger charge is -2.36. The molecule has 0 aromatic carbocycles. The Morgan fingerprint density at radius 3 is 0.615 bits per heavy atom. The van der Waals surface area contributed by atoms with Gasteiger partial charge in [-0.25, -0.2) is 0 Å². The minimum atomic E-state index is -1.51. The number of carbonyl (C=O) groups is 6. The summed E-state index contributed by atoms with van der Waals surface area (Å²) in [5, 5.41) is 38.4. The molecule has 6 unspecified atom stereocenters. The van der Waals surface area contributed by atoms with Crippen molar-refractivity contribution in [3.8, 4) is 0 Å². The molecule has 6 aliphatic rings. The van der Waals surface area contributed by atoms with Crippen LogP contribution in [0, 0.1) is 35.5 Å². The zero-order valence-electron chi connectivity index (χ0n) is 63.7. The third kappa shape index (κ3) is 23.1. The SMILES string of the molecule is COC(CC(=O)OCC1CC(C)(C)NC1(C)C)(CC(=O)OCC1CC(C)(C)NC1(C)C)CC(=O)OCC1CC(C)(C)N(O)C1(C)C.COC(CC(=O)OCC1CC(C)(C)NC1(C)C)(CC(=O)OCC1CC(C)(C)NC1(C)C)CC(=O)OCC1CC(C)(C)N(O)C1(C)C.O.O.O.O. The molecule has 0 spiro atoms. The van der Waals surface area contributed by atoms with E-state index in [1.54, 1.807) is 0 Å². The first-order valence-corrected chi connectivity index (χ1v) is 33.7. The van der Waals surface area contributed by atoms with Gasteiger partial charge < -0.3 is 91.5 Å². The predicted molar refractivity (Wildman–Crippen MR) is 365 cm³/mol. The van der Waals surface area contributed by atoms with Crippen LogP contribution in [0.2, 0.25) is 0 Å². The largest absolute Gasteiger partial charge is 0.465 e. The van der Waals surface area contributed by atoms with Crippen LogP contribution in [0.25, 0.3) is 0 Å². The quantitative estimate of drug-likeness (QED) is 0.0412. The molecule has 0 radical (unpaired) electrons. The standard InChI is InChI=1S/2C35H63N3O8.4H2O/c2*1-29(2)14-23(32(7,8)36-29)20-44-26(39)17-35(43-13,18-27(40)45-21-24-15-30(3,4)37-33(24,9)10)19-28(41)46-22-25-16-31(5,6)38(42)34(25,11)12;;;;/h2*23-25,36-37,42H,14-22H2,1-13H3;4*1H2. The molecule has 6 rings (SSSR count). The fourth-order valence-corrected chi connectivity index (χ4v) is 16.8. The molecule has 26 heteroatoms. The van der Waals surface area contributed by atoms with Crippen LogP contribution in [0.4, 0.5) is 0 Å². The van der Waals surface area contributed by atoms with Crippen molar-refractivity contribution in [2.24, 2.45) is 35.5 Å². The number of methoxy groups -OCH3 is 2. The molecule has 6 atom stereocenters. The Kier molecular flexibility index (Phi) is 30.2. The molecule has 26 nitrogen and oxygen atoms in total. The van der Waals surface area contributed by atoms with Crippen LogP contribution in [0.5, 0.6) is 0 Å². The number of hydrogen-bond donors (Lipinski definition) is 6. The van der Waals surface area contributed by atoms with Crippen molar-refractivity contribution in [2.75, 3.05) is 53.9 Å². The maximum absolute atomic E-state index is 13.3. The van der Waals surface area contributed by atoms with Gasteiger partial charge in [-0.1, -0.05) is 0 Å². The highest BCUT2D eigenvalue weighted by Crippen LogP contribution is 2.46. The maximum atomic E-state index is 13.3. The highest BCUT2D eigenvalue weighted by molar-refractivity contribution is 5.80. The van der Waals surface area contributed by atoms with Gasteiger partial charge in [0.25, 0.3) is 0 Å². The highest BCUT2D eigenvalue weighted by atomic mass is 16.6.